The average Bonchev–Trinajstić information content (AvgIpc) is 1.79. The van der Waals surface area contributed by atoms with Gasteiger partial charge in [-0.25, -0.2) is 0 Å². The maximum absolute atomic E-state index is 11.5. The summed E-state index contributed by atoms with van der Waals surface area (Å²) in [6.45, 7) is 15.4. The van der Waals surface area contributed by atoms with Crippen molar-refractivity contribution in [2.75, 3.05) is 69.1 Å². The molecule has 16 nitrogen and oxygen atoms in total. The number of hydrogen-bond acceptors (Lipinski definition) is 16. The molecule has 12 aromatic carbocycles. The number of ether oxygens (including phenoxy) is 7. The van der Waals surface area contributed by atoms with Gasteiger partial charge in [0.1, 0.15) is 90.5 Å². The molecule has 0 atom stereocenters. The zero-order chi connectivity index (χ0) is 86.1. The first-order valence-corrected chi connectivity index (χ1v) is 50.1. The number of hydrogen-bond donors (Lipinski definition) is 5. The van der Waals surface area contributed by atoms with Crippen LogP contribution in [0.4, 0.5) is 17.1 Å². The van der Waals surface area contributed by atoms with Crippen molar-refractivity contribution < 1.29 is 43.1 Å². The second-order valence-corrected chi connectivity index (χ2v) is 44.4. The number of aliphatic hydroxyl groups is 1. The molecule has 2 aliphatic rings. The number of Topliss-reactive ketones (excluding diaryl/α,β-unsaturated/α-hetero) is 1. The largest absolute Gasteiger partial charge is 0.492 e. The van der Waals surface area contributed by atoms with Crippen molar-refractivity contribution in [2.24, 2.45) is 10.9 Å². The number of nitrogens with one attached hydrogen (secondary N) is 2. The van der Waals surface area contributed by atoms with E-state index in [1.54, 1.807) is 0 Å². The van der Waals surface area contributed by atoms with Crippen molar-refractivity contribution in [2.45, 2.75) is 123 Å². The number of nitrogens with zero attached hydrogens (tertiary/aromatic N) is 3. The molecule has 2 fully saturated rings. The first kappa shape index (κ1) is 107. The van der Waals surface area contributed by atoms with Crippen LogP contribution in [0.3, 0.4) is 0 Å². The predicted octanol–water partition coefficient (Wildman–Crippen LogP) is 27.4. The lowest BCUT2D eigenvalue weighted by Gasteiger charge is -2.19. The van der Waals surface area contributed by atoms with E-state index in [9.17, 15) is 4.79 Å². The van der Waals surface area contributed by atoms with Crippen LogP contribution in [-0.2, 0) is 45.0 Å². The molecule has 7 N–H and O–H groups in total. The minimum absolute atomic E-state index is 0. The smallest absolute Gasteiger partial charge is 0.162 e. The van der Waals surface area contributed by atoms with Gasteiger partial charge >= 0.3 is 0 Å². The maximum Gasteiger partial charge on any atom is 0.162 e. The van der Waals surface area contributed by atoms with Gasteiger partial charge in [-0.2, -0.15) is 5.10 Å². The van der Waals surface area contributed by atoms with E-state index in [2.05, 4.69) is 144 Å². The molecule has 666 valence electrons. The fourth-order valence-corrected chi connectivity index (χ4v) is 12.8. The third-order valence-electron chi connectivity index (χ3n) is 19.3. The number of benzene rings is 12. The summed E-state index contributed by atoms with van der Waals surface area (Å²) in [4.78, 5) is 16.5. The van der Waals surface area contributed by atoms with E-state index in [1.807, 2.05) is 280 Å². The molecule has 24 heteroatoms. The standard InChI is InChI=1S/C29H28N2O2.C16H16O2.C15H22BrNO.C15H23NO2.C13H14N2O.C13H13NO.Br3P.BrH.2ClH/c1-2-29(25-13-17-27(18-14-25)32-21-23-9-5-3-6-10-23)31-30-26-15-19-28(20-16-26)33-22-24-11-7-4-8-12-24;1-2-16(17)14-8-10-15(11-9-14)18-12-13-6-4-3-5-7-13;16-13-14-5-7-15(8-6-14)18-12-11-17-9-3-1-2-4-10-17;17-13-14-5-7-15(8-6-14)18-12-11-16-9-3-1-2-4-10-16;14-15-12-6-8-13(9-7-12)16-10-11-4-2-1-3-5-11;14-12-6-8-13(9-7-12)15-10-11-4-2-1-3-5-11;1-4(2)3;;;/h3-20,30H,2,21-22H2,1H3;3-11H,2,12H2,1H3;5-8H,1-4,9-13H2;5-8,17H,1-4,9-13H2;1-9,15H,10,14H2;1-9H,10,14H2;;3*1H. The fraction of sp³-hybridized carbons (Fsp3) is 0.267. The van der Waals surface area contributed by atoms with Crippen molar-refractivity contribution in [1.29, 1.82) is 0 Å². The fourth-order valence-electron chi connectivity index (χ4n) is 12.4. The number of hydrazine groups is 1. The minimum atomic E-state index is -0.183. The normalized spacial score (nSPS) is 12.1. The summed E-state index contributed by atoms with van der Waals surface area (Å²) in [5.41, 5.74) is 24.6. The average molecular weight is 2080 g/mol. The Labute approximate surface area is 797 Å². The molecule has 0 aliphatic carbocycles. The number of aliphatic hydroxyl groups excluding tert-OH is 1. The third kappa shape index (κ3) is 46.0. The van der Waals surface area contributed by atoms with Crippen LogP contribution in [-0.4, -0.2) is 78.9 Å². The lowest BCUT2D eigenvalue weighted by atomic mass is 10.1. The van der Waals surface area contributed by atoms with E-state index in [1.165, 1.54) is 83.1 Å². The molecule has 0 bridgehead atoms. The van der Waals surface area contributed by atoms with Crippen LogP contribution in [0.15, 0.2) is 327 Å². The van der Waals surface area contributed by atoms with Gasteiger partial charge in [-0.1, -0.05) is 231 Å². The molecule has 125 heavy (non-hydrogen) atoms. The summed E-state index contributed by atoms with van der Waals surface area (Å²) in [6, 6.07) is 105. The zero-order valence-electron chi connectivity index (χ0n) is 71.2. The first-order chi connectivity index (χ1) is 59.8. The van der Waals surface area contributed by atoms with E-state index in [0.29, 0.717) is 39.5 Å². The highest BCUT2D eigenvalue weighted by Gasteiger charge is 2.12. The summed E-state index contributed by atoms with van der Waals surface area (Å²) in [6.07, 6.45) is 12.2. The second kappa shape index (κ2) is 65.7. The van der Waals surface area contributed by atoms with E-state index >= 15 is 0 Å². The van der Waals surface area contributed by atoms with Crippen molar-refractivity contribution in [3.05, 3.63) is 372 Å². The Morgan fingerprint density at radius 2 is 0.656 bits per heavy atom. The topological polar surface area (TPSA) is 197 Å². The molecule has 14 rings (SSSR count). The van der Waals surface area contributed by atoms with Crippen molar-refractivity contribution in [1.82, 2.24) is 9.80 Å². The molecule has 0 amide bonds. The van der Waals surface area contributed by atoms with Gasteiger partial charge in [0.25, 0.3) is 0 Å². The molecule has 0 spiro atoms. The minimum Gasteiger partial charge on any atom is -0.492 e. The number of carbonyl (C=O) groups is 1. The Kier molecular flexibility index (Phi) is 56.2. The van der Waals surface area contributed by atoms with Crippen LogP contribution in [0.25, 0.3) is 0 Å². The van der Waals surface area contributed by atoms with E-state index in [-0.39, 0.29) is 58.2 Å². The summed E-state index contributed by atoms with van der Waals surface area (Å²) >= 11 is 13.0. The Hall–Kier alpha value is -8.77. The molecule has 0 aromatic heterocycles. The highest BCUT2D eigenvalue weighted by atomic mass is 80.0. The van der Waals surface area contributed by atoms with Crippen LogP contribution in [0, 0.1) is 0 Å². The lowest BCUT2D eigenvalue weighted by Crippen LogP contribution is -2.29. The van der Waals surface area contributed by atoms with E-state index < -0.39 is 0 Å². The first-order valence-electron chi connectivity index (χ1n) is 41.6. The molecular formula is C101H119Br5Cl2N7O9P. The number of alkyl halides is 1. The molecule has 2 saturated heterocycles. The Morgan fingerprint density at radius 1 is 0.376 bits per heavy atom. The van der Waals surface area contributed by atoms with Gasteiger partial charge in [-0.3, -0.25) is 25.9 Å². The van der Waals surface area contributed by atoms with Crippen LogP contribution in [0.5, 0.6) is 40.2 Å². The second-order valence-electron chi connectivity index (χ2n) is 28.5. The molecule has 2 heterocycles. The molecule has 2 aliphatic heterocycles. The van der Waals surface area contributed by atoms with Gasteiger partial charge < -0.3 is 49.4 Å². The summed E-state index contributed by atoms with van der Waals surface area (Å²) in [5.74, 6) is 11.4. The van der Waals surface area contributed by atoms with Gasteiger partial charge in [-0.15, -0.1) is 41.8 Å². The third-order valence-corrected chi connectivity index (χ3v) is 19.9. The molecule has 0 saturated carbocycles. The van der Waals surface area contributed by atoms with E-state index in [0.717, 1.165) is 146 Å². The Balaban J connectivity index is 0.000000269. The quantitative estimate of drug-likeness (QED) is 0.00507. The number of nitrogens with two attached hydrogens (primary N) is 2. The summed E-state index contributed by atoms with van der Waals surface area (Å²) < 4.78 is 39.9. The number of anilines is 3. The Bertz CT molecular complexity index is 4650. The molecule has 0 radical (unpaired) electrons. The summed E-state index contributed by atoms with van der Waals surface area (Å²) in [7, 11) is 0. The Morgan fingerprint density at radius 3 is 0.952 bits per heavy atom. The predicted molar refractivity (Wildman–Crippen MR) is 544 cm³/mol. The highest BCUT2D eigenvalue weighted by Crippen LogP contribution is 2.59. The number of rotatable bonds is 32. The van der Waals surface area contributed by atoms with Crippen molar-refractivity contribution >= 4 is 137 Å². The zero-order valence-corrected chi connectivity index (χ0v) is 81.8. The molecular weight excluding hydrogens is 1960 g/mol. The van der Waals surface area contributed by atoms with Crippen LogP contribution in [0.2, 0.25) is 0 Å². The van der Waals surface area contributed by atoms with Crippen LogP contribution >= 0.6 is 108 Å². The lowest BCUT2D eigenvalue weighted by molar-refractivity contribution is 0.0988. The monoisotopic (exact) mass is 2070 g/mol. The number of halogens is 7. The number of hydrazone groups is 1. The van der Waals surface area contributed by atoms with Gasteiger partial charge in [0.05, 0.1) is 18.0 Å². The summed E-state index contributed by atoms with van der Waals surface area (Å²) in [5, 5.41) is 14.5. The van der Waals surface area contributed by atoms with Gasteiger partial charge in [0.15, 0.2) is 5.78 Å². The van der Waals surface area contributed by atoms with Gasteiger partial charge in [0.2, 0.25) is 0 Å². The number of ketones is 1. The van der Waals surface area contributed by atoms with Crippen LogP contribution in [0.1, 0.15) is 133 Å². The SMILES string of the molecule is Br.BrCc1ccc(OCCN2CCCCCC2)cc1.BrP(Br)Br.CCC(=NNc1ccc(OCc2ccccc2)cc1)c1ccc(OCc2ccccc2)cc1.CCC(=O)c1ccc(OCc2ccccc2)cc1.Cl.Cl.NNc1ccc(OCc2ccccc2)cc1.Nc1ccc(OCc2ccccc2)cc1.OCc1ccc(OCCN2CCCCCC2)cc1. The molecule has 12 aromatic rings. The molecule has 0 unspecified atom stereocenters. The highest BCUT2D eigenvalue weighted by molar-refractivity contribution is 9.93. The van der Waals surface area contributed by atoms with Gasteiger partial charge in [-0.05, 0) is 295 Å². The number of likely N-dealkylation sites (tertiary alicyclic amines) is 2. The van der Waals surface area contributed by atoms with Crippen molar-refractivity contribution in [3.8, 4) is 40.2 Å². The number of carbonyl (C=O) groups excluding carboxylic acids is 1. The van der Waals surface area contributed by atoms with Crippen molar-refractivity contribution in [3.63, 3.8) is 0 Å². The van der Waals surface area contributed by atoms with E-state index in [4.69, 9.17) is 49.8 Å². The maximum atomic E-state index is 11.5. The van der Waals surface area contributed by atoms with Gasteiger partial charge in [0, 0.05) is 41.8 Å². The van der Waals surface area contributed by atoms with Crippen LogP contribution < -0.4 is 55.6 Å². The number of nitrogen functional groups attached to an aromatic ring is 2.